The van der Waals surface area contributed by atoms with Crippen LogP contribution in [0.25, 0.3) is 0 Å². The Bertz CT molecular complexity index is 348. The first-order valence-electron chi connectivity index (χ1n) is 4.57. The van der Waals surface area contributed by atoms with Gasteiger partial charge in [0.1, 0.15) is 0 Å². The summed E-state index contributed by atoms with van der Waals surface area (Å²) in [6, 6.07) is 7.51. The summed E-state index contributed by atoms with van der Waals surface area (Å²) in [5.41, 5.74) is 0.910. The third kappa shape index (κ3) is 4.32. The molecule has 0 aliphatic rings. The lowest BCUT2D eigenvalue weighted by molar-refractivity contribution is 0.815. The molecular weight excluding hydrogens is 228 g/mol. The van der Waals surface area contributed by atoms with Gasteiger partial charge in [0.25, 0.3) is 0 Å². The molecule has 2 N–H and O–H groups in total. The van der Waals surface area contributed by atoms with Gasteiger partial charge >= 0.3 is 0 Å². The first-order valence-corrected chi connectivity index (χ1v) is 5.36. The summed E-state index contributed by atoms with van der Waals surface area (Å²) in [5.74, 6) is 0. The highest BCUT2D eigenvalue weighted by Gasteiger charge is 1.99. The first-order chi connectivity index (χ1) is 7.11. The van der Waals surface area contributed by atoms with E-state index in [-0.39, 0.29) is 6.04 Å². The Labute approximate surface area is 100 Å². The molecular formula is C11H13ClN2S. The highest BCUT2D eigenvalue weighted by atomic mass is 35.5. The number of rotatable bonds is 3. The van der Waals surface area contributed by atoms with E-state index in [2.05, 4.69) is 17.2 Å². The Morgan fingerprint density at radius 2 is 2.07 bits per heavy atom. The van der Waals surface area contributed by atoms with Crippen molar-refractivity contribution in [3.05, 3.63) is 41.9 Å². The van der Waals surface area contributed by atoms with Crippen LogP contribution in [0.2, 0.25) is 5.02 Å². The third-order valence-electron chi connectivity index (χ3n) is 1.81. The van der Waals surface area contributed by atoms with E-state index in [1.54, 1.807) is 6.08 Å². The van der Waals surface area contributed by atoms with Crippen LogP contribution in [0.5, 0.6) is 0 Å². The van der Waals surface area contributed by atoms with Crippen molar-refractivity contribution in [2.45, 2.75) is 13.0 Å². The molecule has 0 saturated carbocycles. The van der Waals surface area contributed by atoms with Gasteiger partial charge in [0.2, 0.25) is 0 Å². The maximum atomic E-state index is 5.77. The number of benzene rings is 1. The highest BCUT2D eigenvalue weighted by Crippen LogP contribution is 2.13. The molecule has 0 amide bonds. The fourth-order valence-electron chi connectivity index (χ4n) is 0.966. The summed E-state index contributed by atoms with van der Waals surface area (Å²) in [4.78, 5) is 0. The zero-order valence-electron chi connectivity index (χ0n) is 8.46. The summed E-state index contributed by atoms with van der Waals surface area (Å²) in [5, 5.41) is 7.39. The van der Waals surface area contributed by atoms with Gasteiger partial charge in [0.05, 0.1) is 0 Å². The Hall–Kier alpha value is -1.06. The van der Waals surface area contributed by atoms with Gasteiger partial charge in [-0.15, -0.1) is 6.58 Å². The summed E-state index contributed by atoms with van der Waals surface area (Å²) < 4.78 is 0. The summed E-state index contributed by atoms with van der Waals surface area (Å²) >= 11 is 10.9. The molecule has 4 heteroatoms. The number of hydrogen-bond acceptors (Lipinski definition) is 1. The predicted molar refractivity (Wildman–Crippen MR) is 70.5 cm³/mol. The van der Waals surface area contributed by atoms with E-state index >= 15 is 0 Å². The third-order valence-corrected chi connectivity index (χ3v) is 2.29. The van der Waals surface area contributed by atoms with Gasteiger partial charge in [-0.2, -0.15) is 0 Å². The number of halogens is 1. The van der Waals surface area contributed by atoms with Crippen LogP contribution in [0.4, 0.5) is 5.69 Å². The lowest BCUT2D eigenvalue weighted by Crippen LogP contribution is -2.34. The number of anilines is 1. The Morgan fingerprint density at radius 3 is 2.60 bits per heavy atom. The van der Waals surface area contributed by atoms with Crippen LogP contribution >= 0.6 is 23.8 Å². The average Bonchev–Trinajstić information content (AvgIpc) is 2.21. The second-order valence-corrected chi connectivity index (χ2v) is 3.97. The van der Waals surface area contributed by atoms with E-state index in [9.17, 15) is 0 Å². The van der Waals surface area contributed by atoms with E-state index in [1.165, 1.54) is 0 Å². The van der Waals surface area contributed by atoms with Crippen molar-refractivity contribution < 1.29 is 0 Å². The summed E-state index contributed by atoms with van der Waals surface area (Å²) in [6.45, 7) is 5.64. The molecule has 2 nitrogen and oxygen atoms in total. The average molecular weight is 241 g/mol. The standard InChI is InChI=1S/C11H13ClN2S/c1-3-8(2)13-11(15)14-10-6-4-9(12)5-7-10/h3-8H,1H2,2H3,(H2,13,14,15). The van der Waals surface area contributed by atoms with Gasteiger partial charge in [-0.05, 0) is 43.4 Å². The van der Waals surface area contributed by atoms with E-state index in [0.29, 0.717) is 10.1 Å². The van der Waals surface area contributed by atoms with Crippen LogP contribution in [0.1, 0.15) is 6.92 Å². The molecule has 1 aromatic carbocycles. The predicted octanol–water partition coefficient (Wildman–Crippen LogP) is 3.20. The Kier molecular flexibility index (Phi) is 4.59. The zero-order valence-corrected chi connectivity index (χ0v) is 10.0. The van der Waals surface area contributed by atoms with Crippen molar-refractivity contribution in [2.75, 3.05) is 5.32 Å². The van der Waals surface area contributed by atoms with Gasteiger partial charge in [0, 0.05) is 16.8 Å². The molecule has 0 aliphatic carbocycles. The van der Waals surface area contributed by atoms with Crippen molar-refractivity contribution in [3.63, 3.8) is 0 Å². The lowest BCUT2D eigenvalue weighted by Gasteiger charge is -2.13. The molecule has 80 valence electrons. The minimum atomic E-state index is 0.150. The van der Waals surface area contributed by atoms with Crippen LogP contribution in [-0.4, -0.2) is 11.2 Å². The van der Waals surface area contributed by atoms with Crippen LogP contribution in [-0.2, 0) is 0 Å². The fraction of sp³-hybridized carbons (Fsp3) is 0.182. The molecule has 1 atom stereocenters. The van der Waals surface area contributed by atoms with Gasteiger partial charge in [-0.3, -0.25) is 0 Å². The maximum absolute atomic E-state index is 5.77. The number of hydrogen-bond donors (Lipinski definition) is 2. The molecule has 15 heavy (non-hydrogen) atoms. The van der Waals surface area contributed by atoms with E-state index in [1.807, 2.05) is 31.2 Å². The molecule has 0 heterocycles. The fourth-order valence-corrected chi connectivity index (χ4v) is 1.40. The Morgan fingerprint density at radius 1 is 1.47 bits per heavy atom. The second-order valence-electron chi connectivity index (χ2n) is 3.13. The monoisotopic (exact) mass is 240 g/mol. The van der Waals surface area contributed by atoms with Gasteiger partial charge < -0.3 is 10.6 Å². The van der Waals surface area contributed by atoms with Gasteiger partial charge in [0.15, 0.2) is 5.11 Å². The van der Waals surface area contributed by atoms with E-state index in [0.717, 1.165) is 5.69 Å². The molecule has 0 aliphatic heterocycles. The van der Waals surface area contributed by atoms with E-state index < -0.39 is 0 Å². The molecule has 0 aromatic heterocycles. The maximum Gasteiger partial charge on any atom is 0.171 e. The molecule has 0 bridgehead atoms. The topological polar surface area (TPSA) is 24.1 Å². The molecule has 1 aromatic rings. The minimum absolute atomic E-state index is 0.150. The van der Waals surface area contributed by atoms with Crippen molar-refractivity contribution in [3.8, 4) is 0 Å². The molecule has 1 rings (SSSR count). The molecule has 0 fully saturated rings. The number of nitrogens with one attached hydrogen (secondary N) is 2. The number of thiocarbonyl (C=S) groups is 1. The van der Waals surface area contributed by atoms with Crippen molar-refractivity contribution >= 4 is 34.6 Å². The van der Waals surface area contributed by atoms with Crippen LogP contribution < -0.4 is 10.6 Å². The van der Waals surface area contributed by atoms with Crippen LogP contribution in [0.15, 0.2) is 36.9 Å². The molecule has 0 spiro atoms. The summed E-state index contributed by atoms with van der Waals surface area (Å²) in [6.07, 6.45) is 1.79. The Balaban J connectivity index is 2.51. The van der Waals surface area contributed by atoms with Crippen LogP contribution in [0.3, 0.4) is 0 Å². The molecule has 0 radical (unpaired) electrons. The summed E-state index contributed by atoms with van der Waals surface area (Å²) in [7, 11) is 0. The lowest BCUT2D eigenvalue weighted by atomic mass is 10.3. The minimum Gasteiger partial charge on any atom is -0.357 e. The van der Waals surface area contributed by atoms with Crippen molar-refractivity contribution in [2.24, 2.45) is 0 Å². The highest BCUT2D eigenvalue weighted by molar-refractivity contribution is 7.80. The quantitative estimate of drug-likeness (QED) is 0.627. The van der Waals surface area contributed by atoms with E-state index in [4.69, 9.17) is 23.8 Å². The normalized spacial score (nSPS) is 11.6. The molecule has 0 saturated heterocycles. The van der Waals surface area contributed by atoms with Crippen molar-refractivity contribution in [1.82, 2.24) is 5.32 Å². The van der Waals surface area contributed by atoms with Crippen LogP contribution in [0, 0.1) is 0 Å². The van der Waals surface area contributed by atoms with Crippen molar-refractivity contribution in [1.29, 1.82) is 0 Å². The van der Waals surface area contributed by atoms with Gasteiger partial charge in [-0.1, -0.05) is 17.7 Å². The largest absolute Gasteiger partial charge is 0.357 e. The second kappa shape index (κ2) is 5.73. The van der Waals surface area contributed by atoms with Gasteiger partial charge in [-0.25, -0.2) is 0 Å². The zero-order chi connectivity index (χ0) is 11.3. The smallest absolute Gasteiger partial charge is 0.171 e. The molecule has 1 unspecified atom stereocenters. The first kappa shape index (κ1) is 12.0. The SMILES string of the molecule is C=CC(C)NC(=S)Nc1ccc(Cl)cc1.